The van der Waals surface area contributed by atoms with Crippen LogP contribution in [0.3, 0.4) is 0 Å². The quantitative estimate of drug-likeness (QED) is 0.657. The molecule has 0 aromatic heterocycles. The number of benzene rings is 1. The molecule has 0 radical (unpaired) electrons. The third kappa shape index (κ3) is 7.15. The van der Waals surface area contributed by atoms with Crippen LogP contribution >= 0.6 is 0 Å². The Hall–Kier alpha value is -1.10. The summed E-state index contributed by atoms with van der Waals surface area (Å²) in [4.78, 5) is 2.26. The van der Waals surface area contributed by atoms with Crippen LogP contribution in [0.2, 0.25) is 0 Å². The minimum Gasteiger partial charge on any atom is -0.494 e. The molecule has 2 N–H and O–H groups in total. The number of ether oxygens (including phenoxy) is 2. The number of hydrogen-bond acceptors (Lipinski definition) is 4. The van der Waals surface area contributed by atoms with E-state index >= 15 is 0 Å². The Labute approximate surface area is 116 Å². The van der Waals surface area contributed by atoms with Crippen molar-refractivity contribution < 1.29 is 9.47 Å². The van der Waals surface area contributed by atoms with E-state index in [1.54, 1.807) is 0 Å². The Morgan fingerprint density at radius 2 is 1.84 bits per heavy atom. The van der Waals surface area contributed by atoms with E-state index in [2.05, 4.69) is 11.9 Å². The van der Waals surface area contributed by atoms with Crippen molar-refractivity contribution in [3.05, 3.63) is 29.8 Å². The molecule has 108 valence electrons. The summed E-state index contributed by atoms with van der Waals surface area (Å²) in [6, 6.07) is 7.95. The van der Waals surface area contributed by atoms with E-state index in [4.69, 9.17) is 15.2 Å². The third-order valence-corrected chi connectivity index (χ3v) is 2.93. The number of nitrogens with zero attached hydrogens (tertiary/aromatic N) is 1. The lowest BCUT2D eigenvalue weighted by Crippen LogP contribution is -2.25. The van der Waals surface area contributed by atoms with E-state index in [0.29, 0.717) is 6.54 Å². The molecule has 19 heavy (non-hydrogen) atoms. The molecule has 0 fully saturated rings. The third-order valence-electron chi connectivity index (χ3n) is 2.93. The van der Waals surface area contributed by atoms with E-state index in [0.717, 1.165) is 50.6 Å². The van der Waals surface area contributed by atoms with Crippen LogP contribution in [-0.2, 0) is 11.3 Å². The molecule has 1 aromatic carbocycles. The van der Waals surface area contributed by atoms with Gasteiger partial charge in [-0.3, -0.25) is 0 Å². The van der Waals surface area contributed by atoms with E-state index < -0.39 is 0 Å². The average Bonchev–Trinajstić information content (AvgIpc) is 2.44. The van der Waals surface area contributed by atoms with Gasteiger partial charge < -0.3 is 20.1 Å². The summed E-state index contributed by atoms with van der Waals surface area (Å²) < 4.78 is 11.0. The molecule has 4 heteroatoms. The smallest absolute Gasteiger partial charge is 0.119 e. The topological polar surface area (TPSA) is 47.7 Å². The van der Waals surface area contributed by atoms with Crippen molar-refractivity contribution in [3.8, 4) is 5.75 Å². The van der Waals surface area contributed by atoms with E-state index in [1.165, 1.54) is 0 Å². The first kappa shape index (κ1) is 16.0. The molecule has 0 aliphatic carbocycles. The Morgan fingerprint density at radius 1 is 1.11 bits per heavy atom. The number of rotatable bonds is 10. The van der Waals surface area contributed by atoms with Gasteiger partial charge in [-0.25, -0.2) is 0 Å². The summed E-state index contributed by atoms with van der Waals surface area (Å²) in [7, 11) is 2.11. The SMILES string of the molecule is CCOCCN(C)CCCOc1ccc(CN)cc1. The molecule has 0 aliphatic rings. The van der Waals surface area contributed by atoms with E-state index in [1.807, 2.05) is 31.2 Å². The molecule has 1 rings (SSSR count). The molecule has 0 aliphatic heterocycles. The van der Waals surface area contributed by atoms with Gasteiger partial charge in [0.2, 0.25) is 0 Å². The molecular formula is C15H26N2O2. The first-order valence-corrected chi connectivity index (χ1v) is 6.94. The van der Waals surface area contributed by atoms with Gasteiger partial charge >= 0.3 is 0 Å². The van der Waals surface area contributed by atoms with Crippen LogP contribution in [0.1, 0.15) is 18.9 Å². The van der Waals surface area contributed by atoms with Crippen molar-refractivity contribution in [2.75, 3.05) is 40.0 Å². The average molecular weight is 266 g/mol. The van der Waals surface area contributed by atoms with Crippen LogP contribution in [-0.4, -0.2) is 44.9 Å². The molecule has 0 saturated carbocycles. The molecule has 0 unspecified atom stereocenters. The molecule has 0 bridgehead atoms. The molecule has 0 saturated heterocycles. The second kappa shape index (κ2) is 9.78. The van der Waals surface area contributed by atoms with E-state index in [9.17, 15) is 0 Å². The van der Waals surface area contributed by atoms with E-state index in [-0.39, 0.29) is 0 Å². The van der Waals surface area contributed by atoms with Crippen LogP contribution in [0.5, 0.6) is 5.75 Å². The van der Waals surface area contributed by atoms with Crippen LogP contribution < -0.4 is 10.5 Å². The van der Waals surface area contributed by atoms with Crippen molar-refractivity contribution in [1.29, 1.82) is 0 Å². The molecule has 0 heterocycles. The summed E-state index contributed by atoms with van der Waals surface area (Å²) in [5, 5.41) is 0. The van der Waals surface area contributed by atoms with Gasteiger partial charge in [0, 0.05) is 26.2 Å². The van der Waals surface area contributed by atoms with Gasteiger partial charge in [0.25, 0.3) is 0 Å². The zero-order valence-electron chi connectivity index (χ0n) is 12.1. The second-order valence-electron chi connectivity index (χ2n) is 4.55. The van der Waals surface area contributed by atoms with Crippen LogP contribution in [0.25, 0.3) is 0 Å². The fraction of sp³-hybridized carbons (Fsp3) is 0.600. The summed E-state index contributed by atoms with van der Waals surface area (Å²) in [6.07, 6.45) is 1.02. The highest BCUT2D eigenvalue weighted by atomic mass is 16.5. The monoisotopic (exact) mass is 266 g/mol. The predicted octanol–water partition coefficient (Wildman–Crippen LogP) is 1.88. The van der Waals surface area contributed by atoms with Gasteiger partial charge in [-0.15, -0.1) is 0 Å². The summed E-state index contributed by atoms with van der Waals surface area (Å²) in [6.45, 7) is 6.91. The van der Waals surface area contributed by atoms with Gasteiger partial charge in [-0.2, -0.15) is 0 Å². The second-order valence-corrected chi connectivity index (χ2v) is 4.55. The van der Waals surface area contributed by atoms with Gasteiger partial charge in [-0.05, 0) is 38.1 Å². The van der Waals surface area contributed by atoms with Crippen LogP contribution in [0.4, 0.5) is 0 Å². The van der Waals surface area contributed by atoms with Crippen LogP contribution in [0, 0.1) is 0 Å². The predicted molar refractivity (Wildman–Crippen MR) is 78.4 cm³/mol. The molecule has 1 aromatic rings. The van der Waals surface area contributed by atoms with Crippen LogP contribution in [0.15, 0.2) is 24.3 Å². The summed E-state index contributed by atoms with van der Waals surface area (Å²) in [5.41, 5.74) is 6.68. The molecular weight excluding hydrogens is 240 g/mol. The minimum atomic E-state index is 0.574. The highest BCUT2D eigenvalue weighted by Crippen LogP contribution is 2.11. The van der Waals surface area contributed by atoms with Crippen molar-refractivity contribution in [2.45, 2.75) is 19.9 Å². The fourth-order valence-corrected chi connectivity index (χ4v) is 1.72. The maximum atomic E-state index is 5.68. The molecule has 0 atom stereocenters. The largest absolute Gasteiger partial charge is 0.494 e. The van der Waals surface area contributed by atoms with Crippen molar-refractivity contribution >= 4 is 0 Å². The first-order valence-electron chi connectivity index (χ1n) is 6.94. The zero-order chi connectivity index (χ0) is 13.9. The normalized spacial score (nSPS) is 10.9. The van der Waals surface area contributed by atoms with Gasteiger partial charge in [-0.1, -0.05) is 12.1 Å². The van der Waals surface area contributed by atoms with Gasteiger partial charge in [0.15, 0.2) is 0 Å². The summed E-state index contributed by atoms with van der Waals surface area (Å²) >= 11 is 0. The Morgan fingerprint density at radius 3 is 2.47 bits per heavy atom. The highest BCUT2D eigenvalue weighted by molar-refractivity contribution is 5.26. The maximum Gasteiger partial charge on any atom is 0.119 e. The lowest BCUT2D eigenvalue weighted by Gasteiger charge is -2.16. The maximum absolute atomic E-state index is 5.68. The Balaban J connectivity index is 2.09. The van der Waals surface area contributed by atoms with Crippen molar-refractivity contribution in [2.24, 2.45) is 5.73 Å². The molecule has 0 spiro atoms. The summed E-state index contributed by atoms with van der Waals surface area (Å²) in [5.74, 6) is 0.911. The highest BCUT2D eigenvalue weighted by Gasteiger charge is 1.99. The van der Waals surface area contributed by atoms with Gasteiger partial charge in [0.05, 0.1) is 13.2 Å². The molecule has 0 amide bonds. The van der Waals surface area contributed by atoms with Gasteiger partial charge in [0.1, 0.15) is 5.75 Å². The van der Waals surface area contributed by atoms with Crippen molar-refractivity contribution in [3.63, 3.8) is 0 Å². The minimum absolute atomic E-state index is 0.574. The number of nitrogens with two attached hydrogens (primary N) is 1. The standard InChI is InChI=1S/C15H26N2O2/c1-3-18-12-10-17(2)9-4-11-19-15-7-5-14(13-16)6-8-15/h5-8H,3-4,9-13,16H2,1-2H3. The lowest BCUT2D eigenvalue weighted by atomic mass is 10.2. The zero-order valence-corrected chi connectivity index (χ0v) is 12.1. The Bertz CT molecular complexity index is 327. The molecule has 4 nitrogen and oxygen atoms in total. The first-order chi connectivity index (χ1) is 9.26. The lowest BCUT2D eigenvalue weighted by molar-refractivity contribution is 0.120. The Kier molecular flexibility index (Phi) is 8.21. The van der Waals surface area contributed by atoms with Crippen molar-refractivity contribution in [1.82, 2.24) is 4.90 Å². The number of likely N-dealkylation sites (N-methyl/N-ethyl adjacent to an activating group) is 1. The fourth-order valence-electron chi connectivity index (χ4n) is 1.72. The number of hydrogen-bond donors (Lipinski definition) is 1.